The third kappa shape index (κ3) is 1.19. The van der Waals surface area contributed by atoms with E-state index in [1.807, 2.05) is 0 Å². The van der Waals surface area contributed by atoms with Crippen LogP contribution in [0, 0.1) is 11.6 Å². The highest BCUT2D eigenvalue weighted by atomic mass is 35.5. The highest BCUT2D eigenvalue weighted by Gasteiger charge is 2.05. The maximum Gasteiger partial charge on any atom is 0.181 e. The maximum absolute atomic E-state index is 12.4. The minimum atomic E-state index is -1.05. The van der Waals surface area contributed by atoms with Gasteiger partial charge in [0.2, 0.25) is 0 Å². The summed E-state index contributed by atoms with van der Waals surface area (Å²) in [5.41, 5.74) is 4.75. The van der Waals surface area contributed by atoms with Gasteiger partial charge in [0.25, 0.3) is 0 Å². The predicted molar refractivity (Wildman–Crippen MR) is 35.8 cm³/mol. The van der Waals surface area contributed by atoms with Gasteiger partial charge in [-0.25, -0.2) is 8.78 Å². The molecule has 0 aliphatic carbocycles. The Kier molecular flexibility index (Phi) is 1.76. The van der Waals surface area contributed by atoms with Gasteiger partial charge in [-0.1, -0.05) is 11.6 Å². The van der Waals surface area contributed by atoms with Crippen LogP contribution < -0.4 is 5.73 Å². The third-order valence-electron chi connectivity index (χ3n) is 1.02. The van der Waals surface area contributed by atoms with Crippen LogP contribution in [0.1, 0.15) is 0 Å². The molecule has 0 aliphatic heterocycles. The van der Waals surface area contributed by atoms with Crippen molar-refractivity contribution in [3.63, 3.8) is 0 Å². The molecule has 0 fully saturated rings. The molecular weight excluding hydrogens is 160 g/mol. The Balaban J connectivity index is 3.31. The Morgan fingerprint density at radius 1 is 1.30 bits per heavy atom. The first-order valence-corrected chi connectivity index (χ1v) is 2.89. The van der Waals surface area contributed by atoms with E-state index in [0.29, 0.717) is 0 Å². The smallest absolute Gasteiger partial charge is 0.181 e. The maximum atomic E-state index is 12.4. The molecule has 0 spiro atoms. The summed E-state index contributed by atoms with van der Waals surface area (Å²) in [4.78, 5) is 0. The van der Waals surface area contributed by atoms with E-state index in [1.165, 1.54) is 0 Å². The van der Waals surface area contributed by atoms with E-state index in [1.54, 1.807) is 0 Å². The molecule has 0 atom stereocenters. The van der Waals surface area contributed by atoms with Crippen molar-refractivity contribution in [1.82, 2.24) is 0 Å². The fourth-order valence-electron chi connectivity index (χ4n) is 0.576. The van der Waals surface area contributed by atoms with Crippen LogP contribution in [0.25, 0.3) is 0 Å². The molecule has 0 bridgehead atoms. The Morgan fingerprint density at radius 2 is 1.90 bits per heavy atom. The molecule has 1 aromatic carbocycles. The van der Waals surface area contributed by atoms with E-state index in [0.717, 1.165) is 12.1 Å². The zero-order valence-corrected chi connectivity index (χ0v) is 5.62. The van der Waals surface area contributed by atoms with Crippen molar-refractivity contribution < 1.29 is 8.78 Å². The van der Waals surface area contributed by atoms with E-state index in [4.69, 9.17) is 17.3 Å². The third-order valence-corrected chi connectivity index (χ3v) is 1.24. The van der Waals surface area contributed by atoms with E-state index in [2.05, 4.69) is 0 Å². The Labute approximate surface area is 61.4 Å². The average Bonchev–Trinajstić information content (AvgIpc) is 1.82. The molecule has 1 nitrogen and oxygen atoms in total. The molecule has 0 amide bonds. The highest BCUT2D eigenvalue weighted by molar-refractivity contribution is 6.30. The number of hydrogen-bond donors (Lipinski definition) is 1. The lowest BCUT2D eigenvalue weighted by atomic mass is 10.3. The Morgan fingerprint density at radius 3 is 2.40 bits per heavy atom. The molecule has 10 heavy (non-hydrogen) atoms. The van der Waals surface area contributed by atoms with Crippen molar-refractivity contribution in [2.45, 2.75) is 0 Å². The second kappa shape index (κ2) is 2.42. The van der Waals surface area contributed by atoms with Gasteiger partial charge in [-0.3, -0.25) is 0 Å². The van der Waals surface area contributed by atoms with Crippen molar-refractivity contribution in [3.05, 3.63) is 28.8 Å². The van der Waals surface area contributed by atoms with E-state index in [-0.39, 0.29) is 10.7 Å². The van der Waals surface area contributed by atoms with Crippen molar-refractivity contribution in [1.29, 1.82) is 0 Å². The fraction of sp³-hybridized carbons (Fsp3) is 0. The number of rotatable bonds is 0. The minimum Gasteiger partial charge on any atom is -0.396 e. The summed E-state index contributed by atoms with van der Waals surface area (Å²) in [6.45, 7) is 0. The van der Waals surface area contributed by atoms with Gasteiger partial charge in [0.15, 0.2) is 11.6 Å². The Bertz CT molecular complexity index is 239. The number of anilines is 1. The largest absolute Gasteiger partial charge is 0.396 e. The summed E-state index contributed by atoms with van der Waals surface area (Å²) in [6, 6.07) is 2.02. The molecule has 4 heteroatoms. The average molecular weight is 164 g/mol. The number of nitrogens with two attached hydrogens (primary N) is 1. The second-order valence-corrected chi connectivity index (χ2v) is 2.23. The summed E-state index contributed by atoms with van der Waals surface area (Å²) in [6.07, 6.45) is 0. The highest BCUT2D eigenvalue weighted by Crippen LogP contribution is 2.19. The SMILES string of the molecule is Nc1cc(Cl)cc(F)c1F. The van der Waals surface area contributed by atoms with Crippen LogP contribution in [0.3, 0.4) is 0 Å². The van der Waals surface area contributed by atoms with Gasteiger partial charge in [0, 0.05) is 5.02 Å². The van der Waals surface area contributed by atoms with Crippen LogP contribution in [-0.2, 0) is 0 Å². The quantitative estimate of drug-likeness (QED) is 0.461. The summed E-state index contributed by atoms with van der Waals surface area (Å²) < 4.78 is 24.7. The first kappa shape index (κ1) is 7.28. The first-order chi connectivity index (χ1) is 4.61. The number of benzene rings is 1. The Hall–Kier alpha value is -0.830. The molecule has 0 unspecified atom stereocenters. The molecule has 2 N–H and O–H groups in total. The summed E-state index contributed by atoms with van der Waals surface area (Å²) in [5.74, 6) is -2.07. The molecule has 0 aliphatic rings. The number of halogens is 3. The molecule has 1 rings (SSSR count). The lowest BCUT2D eigenvalue weighted by Gasteiger charge is -1.96. The van der Waals surface area contributed by atoms with E-state index < -0.39 is 11.6 Å². The van der Waals surface area contributed by atoms with Gasteiger partial charge >= 0.3 is 0 Å². The van der Waals surface area contributed by atoms with Gasteiger partial charge in [-0.15, -0.1) is 0 Å². The van der Waals surface area contributed by atoms with Crippen molar-refractivity contribution in [2.75, 3.05) is 5.73 Å². The van der Waals surface area contributed by atoms with Crippen molar-refractivity contribution >= 4 is 17.3 Å². The minimum absolute atomic E-state index is 0.0939. The van der Waals surface area contributed by atoms with Gasteiger partial charge in [0.1, 0.15) is 0 Å². The summed E-state index contributed by atoms with van der Waals surface area (Å²) in [5, 5.41) is 0.0939. The van der Waals surface area contributed by atoms with Gasteiger partial charge < -0.3 is 5.73 Å². The second-order valence-electron chi connectivity index (χ2n) is 1.79. The van der Waals surface area contributed by atoms with Crippen LogP contribution in [0.15, 0.2) is 12.1 Å². The number of hydrogen-bond acceptors (Lipinski definition) is 1. The standard InChI is InChI=1S/C6H4ClF2N/c7-3-1-4(8)6(9)5(10)2-3/h1-2H,10H2. The predicted octanol–water partition coefficient (Wildman–Crippen LogP) is 2.20. The van der Waals surface area contributed by atoms with Crippen LogP contribution in [0.5, 0.6) is 0 Å². The van der Waals surface area contributed by atoms with Crippen LogP contribution in [-0.4, -0.2) is 0 Å². The normalized spacial score (nSPS) is 9.90. The molecule has 54 valence electrons. The fourth-order valence-corrected chi connectivity index (χ4v) is 0.789. The molecule has 0 radical (unpaired) electrons. The molecule has 0 aromatic heterocycles. The van der Waals surface area contributed by atoms with Gasteiger partial charge in [-0.2, -0.15) is 0 Å². The molecule has 0 heterocycles. The zero-order chi connectivity index (χ0) is 7.72. The summed E-state index contributed by atoms with van der Waals surface area (Å²) in [7, 11) is 0. The van der Waals surface area contributed by atoms with Crippen LogP contribution in [0.2, 0.25) is 5.02 Å². The van der Waals surface area contributed by atoms with E-state index in [9.17, 15) is 8.78 Å². The lowest BCUT2D eigenvalue weighted by molar-refractivity contribution is 0.512. The van der Waals surface area contributed by atoms with Gasteiger partial charge in [0.05, 0.1) is 5.69 Å². The van der Waals surface area contributed by atoms with E-state index >= 15 is 0 Å². The topological polar surface area (TPSA) is 26.0 Å². The monoisotopic (exact) mass is 163 g/mol. The lowest BCUT2D eigenvalue weighted by Crippen LogP contribution is -1.93. The molecule has 0 saturated heterocycles. The number of nitrogen functional groups attached to an aromatic ring is 1. The summed E-state index contributed by atoms with van der Waals surface area (Å²) >= 11 is 5.34. The van der Waals surface area contributed by atoms with Crippen LogP contribution in [0.4, 0.5) is 14.5 Å². The first-order valence-electron chi connectivity index (χ1n) is 2.51. The molecule has 0 saturated carbocycles. The molecule has 1 aromatic rings. The van der Waals surface area contributed by atoms with Gasteiger partial charge in [-0.05, 0) is 12.1 Å². The van der Waals surface area contributed by atoms with Crippen molar-refractivity contribution in [3.8, 4) is 0 Å². The molecular formula is C6H4ClF2N. The zero-order valence-electron chi connectivity index (χ0n) is 4.87. The van der Waals surface area contributed by atoms with Crippen LogP contribution >= 0.6 is 11.6 Å². The van der Waals surface area contributed by atoms with Crippen molar-refractivity contribution in [2.24, 2.45) is 0 Å².